The molecule has 2 aliphatic heterocycles. The Morgan fingerprint density at radius 2 is 1.29 bits per heavy atom. The van der Waals surface area contributed by atoms with Gasteiger partial charge in [-0.3, -0.25) is 4.79 Å². The number of nitrogens with two attached hydrogens (primary N) is 1. The Hall–Kier alpha value is -4.27. The molecule has 24 heteroatoms. The predicted molar refractivity (Wildman–Crippen MR) is 259 cm³/mol. The van der Waals surface area contributed by atoms with Crippen LogP contribution in [-0.4, -0.2) is 190 Å². The number of hydrogen-bond donors (Lipinski definition) is 10. The van der Waals surface area contributed by atoms with Crippen LogP contribution in [0.5, 0.6) is 0 Å². The first kappa shape index (κ1) is 60.3. The van der Waals surface area contributed by atoms with E-state index in [9.17, 15) is 44.4 Å². The Balaban J connectivity index is 1.66. The summed E-state index contributed by atoms with van der Waals surface area (Å²) in [6, 6.07) is -4.46. The zero-order valence-corrected chi connectivity index (χ0v) is 44.6. The van der Waals surface area contributed by atoms with Crippen LogP contribution >= 0.6 is 0 Å². The lowest BCUT2D eigenvalue weighted by atomic mass is 9.80. The van der Waals surface area contributed by atoms with E-state index in [1.807, 2.05) is 6.08 Å². The van der Waals surface area contributed by atoms with Gasteiger partial charge in [-0.05, 0) is 141 Å². The first-order valence-electron chi connectivity index (χ1n) is 24.7. The van der Waals surface area contributed by atoms with Crippen LogP contribution in [0.1, 0.15) is 122 Å². The molecule has 0 aromatic heterocycles. The van der Waals surface area contributed by atoms with Gasteiger partial charge >= 0.3 is 24.4 Å². The number of carbonyl (C=O) groups excluding carboxylic acids is 5. The summed E-state index contributed by atoms with van der Waals surface area (Å²) in [6.45, 7) is 21.6. The van der Waals surface area contributed by atoms with Gasteiger partial charge in [-0.15, -0.1) is 0 Å². The summed E-state index contributed by atoms with van der Waals surface area (Å²) in [5, 5.41) is 61.4. The third kappa shape index (κ3) is 18.6. The van der Waals surface area contributed by atoms with E-state index in [0.29, 0.717) is 31.6 Å². The zero-order valence-electron chi connectivity index (χ0n) is 44.6. The van der Waals surface area contributed by atoms with Crippen molar-refractivity contribution in [3.8, 4) is 0 Å². The van der Waals surface area contributed by atoms with Gasteiger partial charge in [0.1, 0.15) is 64.3 Å². The van der Waals surface area contributed by atoms with Gasteiger partial charge in [0.2, 0.25) is 12.2 Å². The van der Waals surface area contributed by atoms with Gasteiger partial charge in [0.05, 0.1) is 37.3 Å². The highest BCUT2D eigenvalue weighted by Gasteiger charge is 2.55. The second-order valence-electron chi connectivity index (χ2n) is 23.4. The van der Waals surface area contributed by atoms with Gasteiger partial charge in [0, 0.05) is 19.6 Å². The van der Waals surface area contributed by atoms with Crippen LogP contribution < -0.4 is 32.3 Å². The monoisotopic (exact) mass is 1030 g/mol. The summed E-state index contributed by atoms with van der Waals surface area (Å²) >= 11 is 0. The van der Waals surface area contributed by atoms with Crippen LogP contribution in [0.15, 0.2) is 11.8 Å². The van der Waals surface area contributed by atoms with E-state index in [1.165, 1.54) is 14.0 Å². The second-order valence-corrected chi connectivity index (χ2v) is 23.4. The van der Waals surface area contributed by atoms with Crippen molar-refractivity contribution in [3.63, 3.8) is 0 Å². The molecule has 2 aliphatic carbocycles. The zero-order chi connectivity index (χ0) is 54.3. The highest BCUT2D eigenvalue weighted by atomic mass is 16.7. The SMILES string of the molecule is CN(C(=O)OC(C)(C)C)[C@@H]1[C@@H](O)[C@@H](O[C@@H]2[C@@H](O)[C@H](O[C@H]3OC(CN)=CC[C@H]3NC[C@H]3C[C@H](NC(=O)OC(C)(C)C)C3)[C@@H](NC(=O)OC(C)(C)C)C[C@H]2NC(=O)[C@@H](O)CCNC(=O)OC(C)(C)C)OC[C@]1(C)O. The molecule has 0 radical (unpaired) electrons. The maximum absolute atomic E-state index is 13.8. The summed E-state index contributed by atoms with van der Waals surface area (Å²) in [6.07, 6.45) is -11.1. The molecule has 4 aliphatic rings. The molecular weight excluding hydrogens is 947 g/mol. The summed E-state index contributed by atoms with van der Waals surface area (Å²) in [7, 11) is 1.33. The van der Waals surface area contributed by atoms with Crippen LogP contribution in [0.25, 0.3) is 0 Å². The van der Waals surface area contributed by atoms with Crippen LogP contribution in [0.3, 0.4) is 0 Å². The van der Waals surface area contributed by atoms with Gasteiger partial charge in [-0.2, -0.15) is 0 Å². The summed E-state index contributed by atoms with van der Waals surface area (Å²) < 4.78 is 47.0. The van der Waals surface area contributed by atoms with Crippen molar-refractivity contribution in [1.29, 1.82) is 0 Å². The van der Waals surface area contributed by atoms with E-state index in [-0.39, 0.29) is 37.9 Å². The smallest absolute Gasteiger partial charge is 0.410 e. The Morgan fingerprint density at radius 1 is 0.764 bits per heavy atom. The molecular formula is C48H85N7O17. The summed E-state index contributed by atoms with van der Waals surface area (Å²) in [4.78, 5) is 66.4. The van der Waals surface area contributed by atoms with Crippen molar-refractivity contribution in [3.05, 3.63) is 11.8 Å². The van der Waals surface area contributed by atoms with Crippen molar-refractivity contribution in [2.75, 3.05) is 33.3 Å². The van der Waals surface area contributed by atoms with E-state index in [2.05, 4.69) is 26.6 Å². The summed E-state index contributed by atoms with van der Waals surface area (Å²) in [5.74, 6) is -0.391. The van der Waals surface area contributed by atoms with Crippen molar-refractivity contribution in [2.45, 2.75) is 223 Å². The largest absolute Gasteiger partial charge is 0.467 e. The summed E-state index contributed by atoms with van der Waals surface area (Å²) in [5.41, 5.74) is 0.846. The quantitative estimate of drug-likeness (QED) is 0.0984. The van der Waals surface area contributed by atoms with Crippen LogP contribution in [0.4, 0.5) is 19.2 Å². The predicted octanol–water partition coefficient (Wildman–Crippen LogP) is 1.73. The van der Waals surface area contributed by atoms with Crippen LogP contribution in [-0.2, 0) is 42.7 Å². The van der Waals surface area contributed by atoms with E-state index in [4.69, 9.17) is 43.6 Å². The molecule has 12 atom stereocenters. The molecule has 0 aromatic carbocycles. The second kappa shape index (κ2) is 24.4. The number of hydrogen-bond acceptors (Lipinski definition) is 19. The molecule has 1 saturated heterocycles. The Labute approximate surface area is 423 Å². The Bertz CT molecular complexity index is 1870. The lowest BCUT2D eigenvalue weighted by Gasteiger charge is -2.50. The molecule has 5 amide bonds. The third-order valence-electron chi connectivity index (χ3n) is 11.9. The number of rotatable bonds is 16. The molecule has 0 bridgehead atoms. The first-order chi connectivity index (χ1) is 33.0. The number of aliphatic hydroxyl groups excluding tert-OH is 3. The number of nitrogens with zero attached hydrogens (tertiary/aromatic N) is 1. The average Bonchev–Trinajstić information content (AvgIpc) is 3.19. The van der Waals surface area contributed by atoms with E-state index >= 15 is 0 Å². The number of alkyl carbamates (subject to hydrolysis) is 3. The van der Waals surface area contributed by atoms with Gasteiger partial charge < -0.3 is 95.5 Å². The number of ether oxygens (including phenoxy) is 8. The van der Waals surface area contributed by atoms with Crippen molar-refractivity contribution in [1.82, 2.24) is 31.5 Å². The number of likely N-dealkylation sites (N-methyl/N-ethyl adjacent to an activating group) is 1. The minimum Gasteiger partial charge on any atom is -0.467 e. The maximum atomic E-state index is 13.8. The van der Waals surface area contributed by atoms with Gasteiger partial charge in [0.25, 0.3) is 0 Å². The van der Waals surface area contributed by atoms with Crippen molar-refractivity contribution >= 4 is 30.3 Å². The molecule has 72 heavy (non-hydrogen) atoms. The topological polar surface area (TPSA) is 330 Å². The van der Waals surface area contributed by atoms with Gasteiger partial charge in [-0.25, -0.2) is 19.2 Å². The van der Waals surface area contributed by atoms with E-state index in [0.717, 1.165) is 4.90 Å². The lowest BCUT2D eigenvalue weighted by Crippen LogP contribution is -2.71. The van der Waals surface area contributed by atoms with E-state index < -0.39 is 132 Å². The molecule has 414 valence electrons. The van der Waals surface area contributed by atoms with Crippen LogP contribution in [0, 0.1) is 5.92 Å². The fourth-order valence-electron chi connectivity index (χ4n) is 8.70. The molecule has 3 fully saturated rings. The molecule has 2 heterocycles. The Morgan fingerprint density at radius 3 is 1.85 bits per heavy atom. The number of aliphatic hydroxyl groups is 4. The van der Waals surface area contributed by atoms with Gasteiger partial charge in [-0.1, -0.05) is 0 Å². The highest BCUT2D eigenvalue weighted by molar-refractivity contribution is 5.81. The Kier molecular flexibility index (Phi) is 20.4. The fraction of sp³-hybridized carbons (Fsp3) is 0.854. The van der Waals surface area contributed by atoms with Crippen molar-refractivity contribution < 1.29 is 82.3 Å². The minimum absolute atomic E-state index is 0.00901. The minimum atomic E-state index is -1.85. The molecule has 24 nitrogen and oxygen atoms in total. The average molecular weight is 1030 g/mol. The fourth-order valence-corrected chi connectivity index (χ4v) is 8.70. The van der Waals surface area contributed by atoms with Crippen LogP contribution in [0.2, 0.25) is 0 Å². The first-order valence-corrected chi connectivity index (χ1v) is 24.7. The molecule has 0 aromatic rings. The standard InChI is InChI=1S/C48H85N7O17/c1-44(2,3)69-40(60)50-18-17-31(56)37(59)53-29-21-30(54-42(62)71-46(7,8)9)35(32(57)34(29)68-39-33(58)36(48(13,64)24-65-39)55(14)43(63)72-47(10,11)12)67-38-28(16-15-27(22-49)66-38)51-23-25-19-26(20-25)52-41(61)70-45(4,5)6/h15,25-26,28-36,38-39,51,56-58,64H,16-24,49H2,1-14H3,(H,50,60)(H,52,61)(H,53,59)(H,54,62)/t25-,26-,28-,29-,30+,31+,32-,33-,34+,35-,36-,38-,39-,48+/m1/s1. The number of carbonyl (C=O) groups is 5. The van der Waals surface area contributed by atoms with Gasteiger partial charge in [0.15, 0.2) is 6.29 Å². The normalized spacial score (nSPS) is 31.5. The molecule has 2 saturated carbocycles. The highest BCUT2D eigenvalue weighted by Crippen LogP contribution is 2.35. The lowest BCUT2D eigenvalue weighted by molar-refractivity contribution is -0.311. The van der Waals surface area contributed by atoms with Crippen molar-refractivity contribution in [2.24, 2.45) is 11.7 Å². The third-order valence-corrected chi connectivity index (χ3v) is 11.9. The molecule has 0 unspecified atom stereocenters. The molecule has 11 N–H and O–H groups in total. The number of nitrogens with one attached hydrogen (secondary N) is 5. The number of amides is 5. The maximum Gasteiger partial charge on any atom is 0.410 e. The van der Waals surface area contributed by atoms with E-state index in [1.54, 1.807) is 83.1 Å². The molecule has 0 spiro atoms. The molecule has 4 rings (SSSR count).